The Morgan fingerprint density at radius 1 is 1.50 bits per heavy atom. The minimum absolute atomic E-state index is 0.117. The maximum absolute atomic E-state index is 11.6. The molecule has 1 rings (SSSR count). The third kappa shape index (κ3) is 6.57. The Kier molecular flexibility index (Phi) is 7.55. The van der Waals surface area contributed by atoms with Crippen LogP contribution in [-0.2, 0) is 4.79 Å². The molecule has 2 N–H and O–H groups in total. The maximum atomic E-state index is 11.6. The number of carbonyl (C=O) groups is 1. The second-order valence-electron chi connectivity index (χ2n) is 4.11. The fourth-order valence-electron chi connectivity index (χ4n) is 1.50. The number of nitriles is 1. The standard InChI is InChI=1S/C15H19N3O2/c1-2-9-17-12-15(19)18-13-6-5-7-14(11-13)20-10-4-3-8-16/h2,5-7,11,17H,1,3-4,9-10,12H2,(H,18,19). The van der Waals surface area contributed by atoms with Gasteiger partial charge in [-0.1, -0.05) is 12.1 Å². The summed E-state index contributed by atoms with van der Waals surface area (Å²) in [4.78, 5) is 11.6. The molecule has 0 spiro atoms. The lowest BCUT2D eigenvalue weighted by atomic mass is 10.3. The highest BCUT2D eigenvalue weighted by molar-refractivity contribution is 5.92. The fraction of sp³-hybridized carbons (Fsp3) is 0.333. The number of hydrogen-bond acceptors (Lipinski definition) is 4. The van der Waals surface area contributed by atoms with Crippen LogP contribution in [0, 0.1) is 11.3 Å². The first-order valence-electron chi connectivity index (χ1n) is 6.47. The van der Waals surface area contributed by atoms with E-state index in [2.05, 4.69) is 23.3 Å². The van der Waals surface area contributed by atoms with Crippen LogP contribution in [0.25, 0.3) is 0 Å². The van der Waals surface area contributed by atoms with E-state index in [1.807, 2.05) is 12.1 Å². The highest BCUT2D eigenvalue weighted by Gasteiger charge is 2.02. The lowest BCUT2D eigenvalue weighted by Crippen LogP contribution is -2.28. The Morgan fingerprint density at radius 2 is 2.35 bits per heavy atom. The van der Waals surface area contributed by atoms with Crippen molar-refractivity contribution in [3.05, 3.63) is 36.9 Å². The van der Waals surface area contributed by atoms with Crippen molar-refractivity contribution in [3.63, 3.8) is 0 Å². The molecule has 20 heavy (non-hydrogen) atoms. The van der Waals surface area contributed by atoms with Crippen LogP contribution in [0.5, 0.6) is 5.75 Å². The molecule has 1 aromatic rings. The van der Waals surface area contributed by atoms with E-state index in [4.69, 9.17) is 10.00 Å². The van der Waals surface area contributed by atoms with Crippen LogP contribution >= 0.6 is 0 Å². The summed E-state index contributed by atoms with van der Waals surface area (Å²) in [6.07, 6.45) is 2.87. The van der Waals surface area contributed by atoms with Crippen molar-refractivity contribution in [1.82, 2.24) is 5.32 Å². The number of rotatable bonds is 9. The van der Waals surface area contributed by atoms with Gasteiger partial charge < -0.3 is 15.4 Å². The van der Waals surface area contributed by atoms with E-state index >= 15 is 0 Å². The normalized spacial score (nSPS) is 9.55. The number of hydrogen-bond donors (Lipinski definition) is 2. The third-order valence-electron chi connectivity index (χ3n) is 2.39. The van der Waals surface area contributed by atoms with Gasteiger partial charge in [0.25, 0.3) is 0 Å². The smallest absolute Gasteiger partial charge is 0.238 e. The van der Waals surface area contributed by atoms with Gasteiger partial charge in [0, 0.05) is 24.7 Å². The van der Waals surface area contributed by atoms with Crippen molar-refractivity contribution in [2.75, 3.05) is 25.0 Å². The van der Waals surface area contributed by atoms with Gasteiger partial charge in [-0.25, -0.2) is 0 Å². The number of benzene rings is 1. The molecule has 0 aliphatic carbocycles. The average molecular weight is 273 g/mol. The van der Waals surface area contributed by atoms with Crippen LogP contribution in [0.1, 0.15) is 12.8 Å². The van der Waals surface area contributed by atoms with Crippen molar-refractivity contribution >= 4 is 11.6 Å². The molecule has 0 saturated heterocycles. The van der Waals surface area contributed by atoms with E-state index in [0.717, 1.165) is 0 Å². The summed E-state index contributed by atoms with van der Waals surface area (Å²) in [6, 6.07) is 9.26. The zero-order valence-electron chi connectivity index (χ0n) is 11.4. The van der Waals surface area contributed by atoms with E-state index in [-0.39, 0.29) is 12.5 Å². The molecule has 0 aromatic heterocycles. The molecule has 0 fully saturated rings. The van der Waals surface area contributed by atoms with Crippen molar-refractivity contribution in [2.24, 2.45) is 0 Å². The van der Waals surface area contributed by atoms with Gasteiger partial charge in [0.2, 0.25) is 5.91 Å². The molecule has 0 aliphatic heterocycles. The molecule has 1 aromatic carbocycles. The van der Waals surface area contributed by atoms with Crippen molar-refractivity contribution in [2.45, 2.75) is 12.8 Å². The molecule has 0 radical (unpaired) electrons. The van der Waals surface area contributed by atoms with Gasteiger partial charge in [-0.05, 0) is 18.6 Å². The van der Waals surface area contributed by atoms with Gasteiger partial charge in [-0.15, -0.1) is 6.58 Å². The summed E-state index contributed by atoms with van der Waals surface area (Å²) in [5, 5.41) is 14.1. The van der Waals surface area contributed by atoms with E-state index in [0.29, 0.717) is 37.4 Å². The lowest BCUT2D eigenvalue weighted by molar-refractivity contribution is -0.115. The molecule has 5 heteroatoms. The minimum Gasteiger partial charge on any atom is -0.493 e. The summed E-state index contributed by atoms with van der Waals surface area (Å²) < 4.78 is 5.50. The van der Waals surface area contributed by atoms with Gasteiger partial charge in [0.1, 0.15) is 5.75 Å². The van der Waals surface area contributed by atoms with Crippen molar-refractivity contribution in [3.8, 4) is 11.8 Å². The van der Waals surface area contributed by atoms with Crippen LogP contribution in [0.15, 0.2) is 36.9 Å². The van der Waals surface area contributed by atoms with Crippen molar-refractivity contribution in [1.29, 1.82) is 5.26 Å². The van der Waals surface area contributed by atoms with Crippen LogP contribution in [0.2, 0.25) is 0 Å². The van der Waals surface area contributed by atoms with Gasteiger partial charge in [-0.2, -0.15) is 5.26 Å². The molecular weight excluding hydrogens is 254 g/mol. The van der Waals surface area contributed by atoms with Gasteiger partial charge in [-0.3, -0.25) is 4.79 Å². The zero-order valence-corrected chi connectivity index (χ0v) is 11.4. The fourth-order valence-corrected chi connectivity index (χ4v) is 1.50. The Balaban J connectivity index is 2.40. The summed E-state index contributed by atoms with van der Waals surface area (Å²) in [5.74, 6) is 0.563. The van der Waals surface area contributed by atoms with Gasteiger partial charge in [0.05, 0.1) is 19.2 Å². The second-order valence-corrected chi connectivity index (χ2v) is 4.11. The predicted octanol–water partition coefficient (Wildman–Crippen LogP) is 2.08. The molecule has 0 aliphatic rings. The monoisotopic (exact) mass is 273 g/mol. The summed E-state index contributed by atoms with van der Waals surface area (Å²) in [6.45, 7) is 4.88. The largest absolute Gasteiger partial charge is 0.493 e. The van der Waals surface area contributed by atoms with E-state index in [1.54, 1.807) is 18.2 Å². The maximum Gasteiger partial charge on any atom is 0.238 e. The highest BCUT2D eigenvalue weighted by atomic mass is 16.5. The molecule has 0 heterocycles. The first-order valence-corrected chi connectivity index (χ1v) is 6.47. The minimum atomic E-state index is -0.117. The van der Waals surface area contributed by atoms with E-state index in [1.165, 1.54) is 0 Å². The quantitative estimate of drug-likeness (QED) is 0.533. The molecule has 0 unspecified atom stereocenters. The molecule has 0 bridgehead atoms. The van der Waals surface area contributed by atoms with E-state index < -0.39 is 0 Å². The predicted molar refractivity (Wildman–Crippen MR) is 78.5 cm³/mol. The lowest BCUT2D eigenvalue weighted by Gasteiger charge is -2.09. The molecular formula is C15H19N3O2. The SMILES string of the molecule is C=CCNCC(=O)Nc1cccc(OCCCC#N)c1. The first kappa shape index (κ1) is 15.7. The average Bonchev–Trinajstić information content (AvgIpc) is 2.44. The van der Waals surface area contributed by atoms with Gasteiger partial charge >= 0.3 is 0 Å². The number of nitrogens with zero attached hydrogens (tertiary/aromatic N) is 1. The zero-order chi connectivity index (χ0) is 14.6. The number of carbonyl (C=O) groups excluding carboxylic acids is 1. The molecule has 106 valence electrons. The number of amides is 1. The molecule has 5 nitrogen and oxygen atoms in total. The second kappa shape index (κ2) is 9.59. The van der Waals surface area contributed by atoms with Crippen LogP contribution < -0.4 is 15.4 Å². The van der Waals surface area contributed by atoms with Gasteiger partial charge in [0.15, 0.2) is 0 Å². The Bertz CT molecular complexity index is 480. The van der Waals surface area contributed by atoms with Crippen LogP contribution in [0.3, 0.4) is 0 Å². The first-order chi connectivity index (χ1) is 9.76. The van der Waals surface area contributed by atoms with E-state index in [9.17, 15) is 4.79 Å². The van der Waals surface area contributed by atoms with Crippen LogP contribution in [0.4, 0.5) is 5.69 Å². The number of nitrogens with one attached hydrogen (secondary N) is 2. The number of unbranched alkanes of at least 4 members (excludes halogenated alkanes) is 1. The Labute approximate surface area is 119 Å². The Hall–Kier alpha value is -2.32. The number of ether oxygens (including phenoxy) is 1. The van der Waals surface area contributed by atoms with Crippen LogP contribution in [-0.4, -0.2) is 25.6 Å². The highest BCUT2D eigenvalue weighted by Crippen LogP contribution is 2.17. The third-order valence-corrected chi connectivity index (χ3v) is 2.39. The molecule has 1 amide bonds. The molecule has 0 atom stereocenters. The summed E-state index contributed by atoms with van der Waals surface area (Å²) >= 11 is 0. The Morgan fingerprint density at radius 3 is 3.10 bits per heavy atom. The van der Waals surface area contributed by atoms with Crippen molar-refractivity contribution < 1.29 is 9.53 Å². The topological polar surface area (TPSA) is 74.2 Å². The summed E-state index contributed by atoms with van der Waals surface area (Å²) in [7, 11) is 0. The molecule has 0 saturated carbocycles. The number of anilines is 1. The summed E-state index contributed by atoms with van der Waals surface area (Å²) in [5.41, 5.74) is 0.688.